The summed E-state index contributed by atoms with van der Waals surface area (Å²) in [6.07, 6.45) is 5.96. The molecule has 2 aromatic heterocycles. The number of rotatable bonds is 3. The number of fused-ring (bicyclic) bond motifs is 1. The number of phenols is 1. The second-order valence-electron chi connectivity index (χ2n) is 6.19. The Labute approximate surface area is 149 Å². The third-order valence-electron chi connectivity index (χ3n) is 4.50. The smallest absolute Gasteiger partial charge is 0.198 e. The molecule has 4 rings (SSSR count). The zero-order valence-corrected chi connectivity index (χ0v) is 14.3. The van der Waals surface area contributed by atoms with Crippen LogP contribution in [0.2, 0.25) is 5.02 Å². The van der Waals surface area contributed by atoms with Gasteiger partial charge in [-0.15, -0.1) is 10.2 Å². The van der Waals surface area contributed by atoms with Crippen molar-refractivity contribution in [1.82, 2.24) is 19.7 Å². The average molecular weight is 357 g/mol. The van der Waals surface area contributed by atoms with Gasteiger partial charge in [-0.2, -0.15) is 0 Å². The van der Waals surface area contributed by atoms with E-state index in [2.05, 4.69) is 19.7 Å². The summed E-state index contributed by atoms with van der Waals surface area (Å²) >= 11 is 5.94. The molecule has 3 heterocycles. The van der Waals surface area contributed by atoms with Crippen molar-refractivity contribution in [2.45, 2.75) is 32.2 Å². The van der Waals surface area contributed by atoms with Crippen molar-refractivity contribution in [1.29, 1.82) is 0 Å². The number of nitrogens with zero attached hydrogens (tertiary/aromatic N) is 3. The van der Waals surface area contributed by atoms with Crippen LogP contribution in [-0.4, -0.2) is 30.6 Å². The van der Waals surface area contributed by atoms with Gasteiger partial charge in [0.15, 0.2) is 11.6 Å². The van der Waals surface area contributed by atoms with Crippen LogP contribution in [0.15, 0.2) is 30.5 Å². The lowest BCUT2D eigenvalue weighted by Crippen LogP contribution is -2.03. The predicted octanol–water partition coefficient (Wildman–Crippen LogP) is 3.59. The summed E-state index contributed by atoms with van der Waals surface area (Å²) in [5.41, 5.74) is 1.36. The fourth-order valence-corrected chi connectivity index (χ4v) is 3.36. The van der Waals surface area contributed by atoms with Crippen molar-refractivity contribution in [2.75, 3.05) is 0 Å². The molecule has 0 fully saturated rings. The second kappa shape index (κ2) is 6.37. The summed E-state index contributed by atoms with van der Waals surface area (Å²) in [5.74, 6) is 1.35. The summed E-state index contributed by atoms with van der Waals surface area (Å²) in [7, 11) is 0. The van der Waals surface area contributed by atoms with Crippen LogP contribution in [0.1, 0.15) is 41.0 Å². The van der Waals surface area contributed by atoms with Gasteiger partial charge in [-0.25, -0.2) is 0 Å². The molecular formula is C18H17ClN4O2. The molecule has 0 amide bonds. The van der Waals surface area contributed by atoms with Crippen LogP contribution < -0.4 is 0 Å². The number of carbonyl (C=O) groups excluding carboxylic acids is 1. The SMILES string of the molecule is O=C(c1c[nH]c(-c2nnc3n2CCCCC3)c1)c1cc(Cl)ccc1O. The van der Waals surface area contributed by atoms with E-state index in [4.69, 9.17) is 11.6 Å². The Morgan fingerprint density at radius 2 is 2.08 bits per heavy atom. The fourth-order valence-electron chi connectivity index (χ4n) is 3.18. The number of benzene rings is 1. The Morgan fingerprint density at radius 1 is 1.20 bits per heavy atom. The van der Waals surface area contributed by atoms with Crippen LogP contribution in [0.5, 0.6) is 5.75 Å². The highest BCUT2D eigenvalue weighted by Crippen LogP contribution is 2.27. The van der Waals surface area contributed by atoms with Gasteiger partial charge in [0.2, 0.25) is 0 Å². The minimum Gasteiger partial charge on any atom is -0.507 e. The lowest BCUT2D eigenvalue weighted by Gasteiger charge is -2.05. The highest BCUT2D eigenvalue weighted by atomic mass is 35.5. The Morgan fingerprint density at radius 3 is 2.96 bits per heavy atom. The van der Waals surface area contributed by atoms with E-state index in [1.54, 1.807) is 18.3 Å². The maximum absolute atomic E-state index is 12.7. The Bertz CT molecular complexity index is 944. The number of carbonyl (C=O) groups is 1. The number of phenolic OH excluding ortho intramolecular Hbond substituents is 1. The third kappa shape index (κ3) is 2.93. The number of aromatic nitrogens is 4. The summed E-state index contributed by atoms with van der Waals surface area (Å²) in [6.45, 7) is 0.884. The molecule has 128 valence electrons. The van der Waals surface area contributed by atoms with E-state index >= 15 is 0 Å². The van der Waals surface area contributed by atoms with E-state index in [9.17, 15) is 9.90 Å². The van der Waals surface area contributed by atoms with Crippen molar-refractivity contribution >= 4 is 17.4 Å². The zero-order chi connectivity index (χ0) is 17.4. The maximum atomic E-state index is 12.7. The van der Waals surface area contributed by atoms with Crippen molar-refractivity contribution in [3.63, 3.8) is 0 Å². The van der Waals surface area contributed by atoms with Gasteiger partial charge in [-0.3, -0.25) is 4.79 Å². The zero-order valence-electron chi connectivity index (χ0n) is 13.5. The summed E-state index contributed by atoms with van der Waals surface area (Å²) < 4.78 is 2.12. The van der Waals surface area contributed by atoms with E-state index in [0.717, 1.165) is 43.1 Å². The topological polar surface area (TPSA) is 83.8 Å². The lowest BCUT2D eigenvalue weighted by atomic mass is 10.0. The molecule has 0 saturated carbocycles. The number of halogens is 1. The van der Waals surface area contributed by atoms with Gasteiger partial charge in [-0.1, -0.05) is 18.0 Å². The minimum atomic E-state index is -0.293. The van der Waals surface area contributed by atoms with Crippen molar-refractivity contribution < 1.29 is 9.90 Å². The monoisotopic (exact) mass is 356 g/mol. The molecule has 0 saturated heterocycles. The molecule has 25 heavy (non-hydrogen) atoms. The highest BCUT2D eigenvalue weighted by molar-refractivity contribution is 6.31. The van der Waals surface area contributed by atoms with Gasteiger partial charge in [0.1, 0.15) is 11.6 Å². The standard InChI is InChI=1S/C18H17ClN4O2/c19-12-5-6-15(24)13(9-12)17(25)11-8-14(20-10-11)18-22-21-16-4-2-1-3-7-23(16)18/h5-6,8-10,20,24H,1-4,7H2. The van der Waals surface area contributed by atoms with Crippen LogP contribution >= 0.6 is 11.6 Å². The maximum Gasteiger partial charge on any atom is 0.198 e. The van der Waals surface area contributed by atoms with E-state index in [1.807, 2.05) is 0 Å². The normalized spacial score (nSPS) is 14.1. The molecule has 3 aromatic rings. The lowest BCUT2D eigenvalue weighted by molar-refractivity contribution is 0.103. The number of H-pyrrole nitrogens is 1. The first-order chi connectivity index (χ1) is 12.1. The summed E-state index contributed by atoms with van der Waals surface area (Å²) in [6, 6.07) is 6.17. The first-order valence-electron chi connectivity index (χ1n) is 8.27. The van der Waals surface area contributed by atoms with Crippen LogP contribution in [-0.2, 0) is 13.0 Å². The minimum absolute atomic E-state index is 0.0894. The number of aryl methyl sites for hydroxylation is 1. The quantitative estimate of drug-likeness (QED) is 0.702. The number of ketones is 1. The molecule has 1 aliphatic heterocycles. The van der Waals surface area contributed by atoms with E-state index in [-0.39, 0.29) is 17.1 Å². The molecule has 0 aliphatic carbocycles. The largest absolute Gasteiger partial charge is 0.507 e. The summed E-state index contributed by atoms with van der Waals surface area (Å²) in [5, 5.41) is 18.9. The molecule has 0 bridgehead atoms. The molecule has 6 nitrogen and oxygen atoms in total. The fraction of sp³-hybridized carbons (Fsp3) is 0.278. The summed E-state index contributed by atoms with van der Waals surface area (Å²) in [4.78, 5) is 15.8. The molecule has 2 N–H and O–H groups in total. The predicted molar refractivity (Wildman–Crippen MR) is 93.9 cm³/mol. The Hall–Kier alpha value is -2.60. The number of aromatic hydroxyl groups is 1. The molecule has 0 atom stereocenters. The van der Waals surface area contributed by atoms with Gasteiger partial charge in [0, 0.05) is 29.7 Å². The van der Waals surface area contributed by atoms with E-state index < -0.39 is 0 Å². The van der Waals surface area contributed by atoms with Crippen LogP contribution in [0.25, 0.3) is 11.5 Å². The first-order valence-corrected chi connectivity index (χ1v) is 8.65. The molecule has 1 aliphatic rings. The molecule has 0 unspecified atom stereocenters. The average Bonchev–Trinajstić information content (AvgIpc) is 3.18. The van der Waals surface area contributed by atoms with Crippen molar-refractivity contribution in [3.05, 3.63) is 52.4 Å². The molecule has 0 radical (unpaired) electrons. The van der Waals surface area contributed by atoms with Gasteiger partial charge < -0.3 is 14.7 Å². The van der Waals surface area contributed by atoms with Gasteiger partial charge >= 0.3 is 0 Å². The van der Waals surface area contributed by atoms with Crippen LogP contribution in [0.4, 0.5) is 0 Å². The van der Waals surface area contributed by atoms with Gasteiger partial charge in [0.05, 0.1) is 11.3 Å². The van der Waals surface area contributed by atoms with E-state index in [1.165, 1.54) is 18.6 Å². The molecule has 1 aromatic carbocycles. The van der Waals surface area contributed by atoms with E-state index in [0.29, 0.717) is 10.6 Å². The Kier molecular flexibility index (Phi) is 4.05. The van der Waals surface area contributed by atoms with Crippen molar-refractivity contribution in [2.24, 2.45) is 0 Å². The highest BCUT2D eigenvalue weighted by Gasteiger charge is 2.20. The van der Waals surface area contributed by atoms with Crippen molar-refractivity contribution in [3.8, 4) is 17.3 Å². The van der Waals surface area contributed by atoms with Crippen LogP contribution in [0, 0.1) is 0 Å². The molecular weight excluding hydrogens is 340 g/mol. The number of nitrogens with one attached hydrogen (secondary N) is 1. The third-order valence-corrected chi connectivity index (χ3v) is 4.73. The molecule has 7 heteroatoms. The van der Waals surface area contributed by atoms with Gasteiger partial charge in [-0.05, 0) is 37.1 Å². The van der Waals surface area contributed by atoms with Crippen LogP contribution in [0.3, 0.4) is 0 Å². The second-order valence-corrected chi connectivity index (χ2v) is 6.63. The number of hydrogen-bond acceptors (Lipinski definition) is 4. The van der Waals surface area contributed by atoms with Gasteiger partial charge in [0.25, 0.3) is 0 Å². The number of aromatic amines is 1. The molecule has 0 spiro atoms. The first kappa shape index (κ1) is 15.9. The Balaban J connectivity index is 1.68. The number of hydrogen-bond donors (Lipinski definition) is 2.